The summed E-state index contributed by atoms with van der Waals surface area (Å²) >= 11 is 0. The number of pyridine rings is 1. The zero-order chi connectivity index (χ0) is 19.5. The highest BCUT2D eigenvalue weighted by molar-refractivity contribution is 6.20. The molecule has 0 N–H and O–H groups in total. The van der Waals surface area contributed by atoms with Crippen LogP contribution in [0.1, 0.15) is 25.3 Å². The first-order valence-corrected chi connectivity index (χ1v) is 9.92. The Labute approximate surface area is 167 Å². The number of para-hydroxylation sites is 2. The molecule has 6 aromatic rings. The smallest absolute Gasteiger partial charge is 0.178 e. The van der Waals surface area contributed by atoms with Crippen LogP contribution in [0.5, 0.6) is 0 Å². The van der Waals surface area contributed by atoms with E-state index in [0.717, 1.165) is 55.1 Å². The summed E-state index contributed by atoms with van der Waals surface area (Å²) in [5, 5.41) is 4.33. The largest absolute Gasteiger partial charge is 0.452 e. The van der Waals surface area contributed by atoms with Gasteiger partial charge in [0.1, 0.15) is 11.2 Å². The molecule has 3 heterocycles. The molecule has 29 heavy (non-hydrogen) atoms. The molecular weight excluding hydrogens is 358 g/mol. The topological polar surface area (TPSA) is 39.2 Å². The molecule has 0 aliphatic rings. The van der Waals surface area contributed by atoms with E-state index >= 15 is 0 Å². The number of nitrogens with zero attached hydrogens (tertiary/aromatic N) is 1. The van der Waals surface area contributed by atoms with Gasteiger partial charge in [-0.3, -0.25) is 4.98 Å². The number of rotatable bonds is 2. The molecule has 3 heteroatoms. The molecule has 0 bridgehead atoms. The molecule has 0 radical (unpaired) electrons. The van der Waals surface area contributed by atoms with Crippen molar-refractivity contribution in [1.82, 2.24) is 4.98 Å². The summed E-state index contributed by atoms with van der Waals surface area (Å²) in [4.78, 5) is 4.63. The van der Waals surface area contributed by atoms with E-state index in [4.69, 9.17) is 8.83 Å². The number of aromatic nitrogens is 1. The average Bonchev–Trinajstić information content (AvgIpc) is 3.32. The Morgan fingerprint density at radius 2 is 1.41 bits per heavy atom. The first-order valence-electron chi connectivity index (χ1n) is 9.92. The van der Waals surface area contributed by atoms with Crippen LogP contribution in [0.15, 0.2) is 81.8 Å². The first-order chi connectivity index (χ1) is 14.2. The maximum Gasteiger partial charge on any atom is 0.178 e. The third kappa shape index (κ3) is 2.34. The van der Waals surface area contributed by atoms with Crippen molar-refractivity contribution in [2.75, 3.05) is 0 Å². The molecule has 0 atom stereocenters. The molecule has 0 aliphatic heterocycles. The van der Waals surface area contributed by atoms with Crippen LogP contribution in [0.3, 0.4) is 0 Å². The van der Waals surface area contributed by atoms with Gasteiger partial charge in [0.05, 0.1) is 5.69 Å². The standard InChI is InChI=1S/C26H19NO2/c1-15(2)16-12-13-27-22(14-16)21-8-5-7-18-20-11-10-19-17-6-3-4-9-23(17)28-25(19)26(20)29-24(18)21/h3-15H,1-2H3. The normalized spacial score (nSPS) is 12.1. The lowest BCUT2D eigenvalue weighted by Gasteiger charge is -2.07. The van der Waals surface area contributed by atoms with E-state index in [-0.39, 0.29) is 0 Å². The van der Waals surface area contributed by atoms with Crippen LogP contribution in [-0.4, -0.2) is 4.98 Å². The summed E-state index contributed by atoms with van der Waals surface area (Å²) in [6, 6.07) is 22.8. The molecule has 0 saturated heterocycles. The van der Waals surface area contributed by atoms with E-state index in [1.54, 1.807) is 0 Å². The summed E-state index contributed by atoms with van der Waals surface area (Å²) in [6.07, 6.45) is 1.88. The third-order valence-corrected chi connectivity index (χ3v) is 5.74. The van der Waals surface area contributed by atoms with Crippen molar-refractivity contribution in [2.45, 2.75) is 19.8 Å². The Morgan fingerprint density at radius 3 is 2.28 bits per heavy atom. The Kier molecular flexibility index (Phi) is 3.36. The lowest BCUT2D eigenvalue weighted by molar-refractivity contribution is 0.634. The molecule has 140 valence electrons. The van der Waals surface area contributed by atoms with Gasteiger partial charge in [0, 0.05) is 33.3 Å². The van der Waals surface area contributed by atoms with Crippen LogP contribution in [0, 0.1) is 0 Å². The Hall–Kier alpha value is -3.59. The van der Waals surface area contributed by atoms with Gasteiger partial charge >= 0.3 is 0 Å². The van der Waals surface area contributed by atoms with Gasteiger partial charge in [-0.2, -0.15) is 0 Å². The van der Waals surface area contributed by atoms with E-state index in [1.807, 2.05) is 24.4 Å². The van der Waals surface area contributed by atoms with Crippen molar-refractivity contribution in [3.63, 3.8) is 0 Å². The number of hydrogen-bond donors (Lipinski definition) is 0. The quantitative estimate of drug-likeness (QED) is 0.311. The van der Waals surface area contributed by atoms with E-state index in [9.17, 15) is 0 Å². The third-order valence-electron chi connectivity index (χ3n) is 5.74. The minimum atomic E-state index is 0.446. The van der Waals surface area contributed by atoms with E-state index in [2.05, 4.69) is 67.4 Å². The van der Waals surface area contributed by atoms with Crippen molar-refractivity contribution < 1.29 is 8.83 Å². The van der Waals surface area contributed by atoms with Crippen LogP contribution < -0.4 is 0 Å². The number of fused-ring (bicyclic) bond motifs is 7. The molecule has 3 nitrogen and oxygen atoms in total. The highest BCUT2D eigenvalue weighted by Crippen LogP contribution is 2.41. The maximum atomic E-state index is 6.45. The summed E-state index contributed by atoms with van der Waals surface area (Å²) in [7, 11) is 0. The van der Waals surface area contributed by atoms with Gasteiger partial charge in [-0.25, -0.2) is 0 Å². The maximum absolute atomic E-state index is 6.45. The van der Waals surface area contributed by atoms with Crippen molar-refractivity contribution >= 4 is 43.9 Å². The Balaban J connectivity index is 1.69. The van der Waals surface area contributed by atoms with Gasteiger partial charge in [-0.05, 0) is 47.9 Å². The molecule has 0 spiro atoms. The number of furan rings is 2. The van der Waals surface area contributed by atoms with Crippen molar-refractivity contribution in [1.29, 1.82) is 0 Å². The van der Waals surface area contributed by atoms with Crippen LogP contribution in [0.4, 0.5) is 0 Å². The highest BCUT2D eigenvalue weighted by atomic mass is 16.4. The fourth-order valence-electron chi connectivity index (χ4n) is 4.19. The lowest BCUT2D eigenvalue weighted by Crippen LogP contribution is -1.90. The molecule has 0 unspecified atom stereocenters. The van der Waals surface area contributed by atoms with Crippen LogP contribution in [0.2, 0.25) is 0 Å². The van der Waals surface area contributed by atoms with Gasteiger partial charge in [0.25, 0.3) is 0 Å². The SMILES string of the molecule is CC(C)c1ccnc(-c2cccc3c2oc2c3ccc3c4ccccc4oc32)c1. The summed E-state index contributed by atoms with van der Waals surface area (Å²) in [6.45, 7) is 4.39. The van der Waals surface area contributed by atoms with Crippen LogP contribution in [-0.2, 0) is 0 Å². The molecule has 6 rings (SSSR count). The minimum absolute atomic E-state index is 0.446. The van der Waals surface area contributed by atoms with Gasteiger partial charge in [-0.15, -0.1) is 0 Å². The minimum Gasteiger partial charge on any atom is -0.452 e. The summed E-state index contributed by atoms with van der Waals surface area (Å²) < 4.78 is 12.6. The highest BCUT2D eigenvalue weighted by Gasteiger charge is 2.18. The van der Waals surface area contributed by atoms with Crippen molar-refractivity contribution in [3.05, 3.63) is 78.5 Å². The number of benzene rings is 3. The van der Waals surface area contributed by atoms with Gasteiger partial charge < -0.3 is 8.83 Å². The van der Waals surface area contributed by atoms with Crippen LogP contribution >= 0.6 is 0 Å². The molecule has 0 aliphatic carbocycles. The Morgan fingerprint density at radius 1 is 0.690 bits per heavy atom. The second-order valence-electron chi connectivity index (χ2n) is 7.83. The molecule has 0 amide bonds. The number of hydrogen-bond acceptors (Lipinski definition) is 3. The Bertz CT molecular complexity index is 1530. The van der Waals surface area contributed by atoms with Gasteiger partial charge in [0.2, 0.25) is 0 Å². The molecule has 3 aromatic heterocycles. The zero-order valence-electron chi connectivity index (χ0n) is 16.3. The van der Waals surface area contributed by atoms with Gasteiger partial charge in [0.15, 0.2) is 11.2 Å². The zero-order valence-corrected chi connectivity index (χ0v) is 16.3. The predicted octanol–water partition coefficient (Wildman–Crippen LogP) is 7.67. The van der Waals surface area contributed by atoms with Gasteiger partial charge in [-0.1, -0.05) is 44.2 Å². The monoisotopic (exact) mass is 377 g/mol. The van der Waals surface area contributed by atoms with Crippen LogP contribution in [0.25, 0.3) is 55.1 Å². The molecule has 0 saturated carbocycles. The molecule has 0 fully saturated rings. The van der Waals surface area contributed by atoms with Crippen molar-refractivity contribution in [3.8, 4) is 11.3 Å². The first kappa shape index (κ1) is 16.4. The fourth-order valence-corrected chi connectivity index (χ4v) is 4.19. The predicted molar refractivity (Wildman–Crippen MR) is 118 cm³/mol. The second kappa shape index (κ2) is 5.95. The van der Waals surface area contributed by atoms with E-state index in [1.165, 1.54) is 5.56 Å². The molecule has 3 aromatic carbocycles. The van der Waals surface area contributed by atoms with E-state index in [0.29, 0.717) is 5.92 Å². The summed E-state index contributed by atoms with van der Waals surface area (Å²) in [5.41, 5.74) is 6.52. The van der Waals surface area contributed by atoms with E-state index < -0.39 is 0 Å². The fraction of sp³-hybridized carbons (Fsp3) is 0.115. The average molecular weight is 377 g/mol. The second-order valence-corrected chi connectivity index (χ2v) is 7.83. The van der Waals surface area contributed by atoms with Crippen molar-refractivity contribution in [2.24, 2.45) is 0 Å². The lowest BCUT2D eigenvalue weighted by atomic mass is 10.0. The summed E-state index contributed by atoms with van der Waals surface area (Å²) in [5.74, 6) is 0.446. The molecular formula is C26H19NO2.